The van der Waals surface area contributed by atoms with Gasteiger partial charge < -0.3 is 4.57 Å². The third-order valence-electron chi connectivity index (χ3n) is 2.69. The minimum absolute atomic E-state index is 0.586. The second kappa shape index (κ2) is 4.81. The van der Waals surface area contributed by atoms with Gasteiger partial charge in [-0.25, -0.2) is 4.98 Å². The lowest BCUT2D eigenvalue weighted by molar-refractivity contribution is 0.681. The van der Waals surface area contributed by atoms with Gasteiger partial charge in [-0.15, -0.1) is 16.8 Å². The number of hydrogen-bond acceptors (Lipinski definition) is 6. The van der Waals surface area contributed by atoms with E-state index in [9.17, 15) is 0 Å². The van der Waals surface area contributed by atoms with E-state index in [1.54, 1.807) is 0 Å². The molecule has 18 heavy (non-hydrogen) atoms. The molecule has 0 bridgehead atoms. The first-order valence-electron chi connectivity index (χ1n) is 5.80. The molecule has 0 N–H and O–H groups in total. The zero-order chi connectivity index (χ0) is 12.5. The molecule has 1 aliphatic rings. The quantitative estimate of drug-likeness (QED) is 0.788. The van der Waals surface area contributed by atoms with Gasteiger partial charge in [0.05, 0.1) is 0 Å². The lowest BCUT2D eigenvalue weighted by atomic mass is 10.4. The van der Waals surface area contributed by atoms with Crippen LogP contribution in [0.2, 0.25) is 0 Å². The normalized spacial score (nSPS) is 14.9. The smallest absolute Gasteiger partial charge is 0.198 e. The van der Waals surface area contributed by atoms with Gasteiger partial charge in [0.2, 0.25) is 0 Å². The van der Waals surface area contributed by atoms with E-state index in [1.165, 1.54) is 36.1 Å². The molecule has 94 valence electrons. The van der Waals surface area contributed by atoms with Gasteiger partial charge in [0.15, 0.2) is 9.50 Å². The Labute approximate surface area is 114 Å². The molecule has 0 aromatic carbocycles. The highest BCUT2D eigenvalue weighted by Crippen LogP contribution is 2.40. The molecule has 1 fully saturated rings. The van der Waals surface area contributed by atoms with E-state index in [1.807, 2.05) is 13.0 Å². The maximum absolute atomic E-state index is 4.34. The molecule has 1 saturated carbocycles. The fraction of sp³-hybridized carbons (Fsp3) is 0.455. The van der Waals surface area contributed by atoms with Crippen LogP contribution in [-0.2, 0) is 6.54 Å². The highest BCUT2D eigenvalue weighted by atomic mass is 32.2. The Hall–Kier alpha value is -1.21. The van der Waals surface area contributed by atoms with Crippen molar-refractivity contribution in [3.63, 3.8) is 0 Å². The van der Waals surface area contributed by atoms with Gasteiger partial charge in [-0.05, 0) is 43.1 Å². The van der Waals surface area contributed by atoms with E-state index >= 15 is 0 Å². The second-order valence-corrected chi connectivity index (χ2v) is 6.19. The first-order valence-corrected chi connectivity index (χ1v) is 7.39. The van der Waals surface area contributed by atoms with Crippen molar-refractivity contribution in [3.05, 3.63) is 24.3 Å². The van der Waals surface area contributed by atoms with E-state index < -0.39 is 0 Å². The number of aromatic nitrogens is 5. The Morgan fingerprint density at radius 2 is 2.33 bits per heavy atom. The third-order valence-corrected chi connectivity index (χ3v) is 4.51. The molecule has 0 amide bonds. The van der Waals surface area contributed by atoms with Crippen LogP contribution in [0.5, 0.6) is 0 Å². The summed E-state index contributed by atoms with van der Waals surface area (Å²) in [6.45, 7) is 6.44. The first-order chi connectivity index (χ1) is 8.78. The Balaban J connectivity index is 1.88. The molecule has 7 heteroatoms. The average molecular weight is 279 g/mol. The predicted molar refractivity (Wildman–Crippen MR) is 71.0 cm³/mol. The topological polar surface area (TPSA) is 56.5 Å². The predicted octanol–water partition coefficient (Wildman–Crippen LogP) is 2.65. The molecule has 0 atom stereocenters. The van der Waals surface area contributed by atoms with Crippen molar-refractivity contribution in [2.75, 3.05) is 0 Å². The summed E-state index contributed by atoms with van der Waals surface area (Å²) in [7, 11) is 0. The van der Waals surface area contributed by atoms with Crippen LogP contribution >= 0.6 is 23.3 Å². The summed E-state index contributed by atoms with van der Waals surface area (Å²) in [5.74, 6) is 2.47. The average Bonchev–Trinajstić information content (AvgIpc) is 3.01. The van der Waals surface area contributed by atoms with Crippen LogP contribution in [0.15, 0.2) is 22.2 Å². The van der Waals surface area contributed by atoms with E-state index in [0.717, 1.165) is 27.7 Å². The lowest BCUT2D eigenvalue weighted by Crippen LogP contribution is -2.02. The number of allylic oxidation sites excluding steroid dienone is 1. The molecule has 2 aromatic heterocycles. The zero-order valence-electron chi connectivity index (χ0n) is 10.0. The van der Waals surface area contributed by atoms with E-state index in [2.05, 4.69) is 30.7 Å². The summed E-state index contributed by atoms with van der Waals surface area (Å²) in [5.41, 5.74) is 0. The van der Waals surface area contributed by atoms with Crippen molar-refractivity contribution in [1.82, 2.24) is 24.1 Å². The fourth-order valence-corrected chi connectivity index (χ4v) is 3.32. The second-order valence-electron chi connectivity index (χ2n) is 4.22. The van der Waals surface area contributed by atoms with E-state index in [-0.39, 0.29) is 0 Å². The van der Waals surface area contributed by atoms with Gasteiger partial charge in [0.25, 0.3) is 0 Å². The van der Waals surface area contributed by atoms with Crippen molar-refractivity contribution >= 4 is 23.3 Å². The van der Waals surface area contributed by atoms with Crippen LogP contribution in [0.3, 0.4) is 0 Å². The molecular weight excluding hydrogens is 266 g/mol. The Morgan fingerprint density at radius 3 is 2.94 bits per heavy atom. The fourth-order valence-electron chi connectivity index (χ4n) is 1.72. The summed E-state index contributed by atoms with van der Waals surface area (Å²) in [6, 6.07) is 0. The molecular formula is C11H13N5S2. The molecule has 0 radical (unpaired) electrons. The number of nitrogens with zero attached hydrogens (tertiary/aromatic N) is 5. The molecule has 3 rings (SSSR count). The van der Waals surface area contributed by atoms with Crippen LogP contribution in [0.4, 0.5) is 0 Å². The Bertz CT molecular complexity index is 570. The van der Waals surface area contributed by atoms with Crippen LogP contribution in [-0.4, -0.2) is 24.1 Å². The lowest BCUT2D eigenvalue weighted by Gasteiger charge is -2.04. The molecule has 0 spiro atoms. The van der Waals surface area contributed by atoms with E-state index in [0.29, 0.717) is 5.92 Å². The summed E-state index contributed by atoms with van der Waals surface area (Å²) in [5, 5.41) is 9.45. The minimum atomic E-state index is 0.586. The Kier molecular flexibility index (Phi) is 3.17. The maximum Gasteiger partial charge on any atom is 0.198 e. The first kappa shape index (κ1) is 11.9. The van der Waals surface area contributed by atoms with Crippen molar-refractivity contribution in [2.24, 2.45) is 0 Å². The summed E-state index contributed by atoms with van der Waals surface area (Å²) >= 11 is 2.93. The van der Waals surface area contributed by atoms with Crippen molar-refractivity contribution in [3.8, 4) is 0 Å². The minimum Gasteiger partial charge on any atom is -0.302 e. The summed E-state index contributed by atoms with van der Waals surface area (Å²) in [4.78, 5) is 4.34. The van der Waals surface area contributed by atoms with Crippen LogP contribution in [0.1, 0.15) is 30.4 Å². The van der Waals surface area contributed by atoms with Crippen LogP contribution < -0.4 is 0 Å². The van der Waals surface area contributed by atoms with E-state index in [4.69, 9.17) is 0 Å². The standard InChI is InChI=1S/C11H13N5S2/c1-3-6-16-9(8-4-5-8)13-14-10(16)17-11-12-7(2)15-18-11/h3,8H,1,4-6H2,2H3. The number of hydrogen-bond donors (Lipinski definition) is 0. The molecule has 0 aliphatic heterocycles. The molecule has 0 unspecified atom stereocenters. The monoisotopic (exact) mass is 279 g/mol. The molecule has 2 aromatic rings. The molecule has 2 heterocycles. The SMILES string of the molecule is C=CCn1c(Sc2nc(C)ns2)nnc1C1CC1. The van der Waals surface area contributed by atoms with Gasteiger partial charge in [0, 0.05) is 12.5 Å². The molecule has 0 saturated heterocycles. The van der Waals surface area contributed by atoms with Crippen LogP contribution in [0, 0.1) is 6.92 Å². The highest BCUT2D eigenvalue weighted by molar-refractivity contribution is 8.00. The van der Waals surface area contributed by atoms with Crippen molar-refractivity contribution < 1.29 is 0 Å². The van der Waals surface area contributed by atoms with Crippen LogP contribution in [0.25, 0.3) is 0 Å². The summed E-state index contributed by atoms with van der Waals surface area (Å²) < 4.78 is 7.22. The van der Waals surface area contributed by atoms with Gasteiger partial charge in [-0.1, -0.05) is 6.08 Å². The molecule has 5 nitrogen and oxygen atoms in total. The van der Waals surface area contributed by atoms with Crippen molar-refractivity contribution in [1.29, 1.82) is 0 Å². The van der Waals surface area contributed by atoms with Gasteiger partial charge in [0.1, 0.15) is 11.6 Å². The number of aryl methyl sites for hydroxylation is 1. The highest BCUT2D eigenvalue weighted by Gasteiger charge is 2.30. The van der Waals surface area contributed by atoms with Gasteiger partial charge >= 0.3 is 0 Å². The van der Waals surface area contributed by atoms with Gasteiger partial charge in [-0.2, -0.15) is 4.37 Å². The zero-order valence-corrected chi connectivity index (χ0v) is 11.7. The molecule has 1 aliphatic carbocycles. The van der Waals surface area contributed by atoms with Crippen molar-refractivity contribution in [2.45, 2.75) is 41.7 Å². The number of rotatable bonds is 5. The third kappa shape index (κ3) is 2.32. The Morgan fingerprint density at radius 1 is 1.50 bits per heavy atom. The largest absolute Gasteiger partial charge is 0.302 e. The maximum atomic E-state index is 4.34. The van der Waals surface area contributed by atoms with Gasteiger partial charge in [-0.3, -0.25) is 0 Å². The summed E-state index contributed by atoms with van der Waals surface area (Å²) in [6.07, 6.45) is 4.32.